The van der Waals surface area contributed by atoms with Crippen molar-refractivity contribution >= 4 is 38.9 Å². The maximum atomic E-state index is 12.9. The zero-order valence-corrected chi connectivity index (χ0v) is 12.4. The summed E-state index contributed by atoms with van der Waals surface area (Å²) >= 11 is 9.07. The fourth-order valence-corrected chi connectivity index (χ4v) is 2.26. The molecule has 0 spiro atoms. The summed E-state index contributed by atoms with van der Waals surface area (Å²) in [6, 6.07) is 8.73. The van der Waals surface area contributed by atoms with Gasteiger partial charge in [0.2, 0.25) is 0 Å². The molecule has 0 radical (unpaired) electrons. The first kappa shape index (κ1) is 14.7. The first-order valence-corrected chi connectivity index (χ1v) is 6.76. The minimum atomic E-state index is -0.450. The Hall–Kier alpha value is -1.66. The van der Waals surface area contributed by atoms with Crippen LogP contribution in [0.15, 0.2) is 40.9 Å². The van der Waals surface area contributed by atoms with Crippen molar-refractivity contribution in [1.29, 1.82) is 0 Å². The topological polar surface area (TPSA) is 55.2 Å². The summed E-state index contributed by atoms with van der Waals surface area (Å²) < 4.78 is 13.6. The van der Waals surface area contributed by atoms with E-state index in [0.29, 0.717) is 15.7 Å². The molecule has 0 fully saturated rings. The first-order chi connectivity index (χ1) is 9.47. The fourth-order valence-electron chi connectivity index (χ4n) is 1.68. The predicted molar refractivity (Wildman–Crippen MR) is 79.5 cm³/mol. The van der Waals surface area contributed by atoms with Crippen LogP contribution in [0.5, 0.6) is 0 Å². The molecule has 2 rings (SSSR count). The summed E-state index contributed by atoms with van der Waals surface area (Å²) in [5.41, 5.74) is 1.04. The maximum Gasteiger partial charge on any atom is 0.275 e. The quantitative estimate of drug-likeness (QED) is 0.632. The van der Waals surface area contributed by atoms with Gasteiger partial charge in [-0.2, -0.15) is 0 Å². The number of nitrogens with one attached hydrogen (secondary N) is 1. The molecule has 0 unspecified atom stereocenters. The molecule has 7 heteroatoms. The predicted octanol–water partition coefficient (Wildman–Crippen LogP) is 4.76. The SMILES string of the molecule is O=[N+]([O-])c1cc(Br)ccc1CNc1ccc(F)cc1Cl. The standard InChI is InChI=1S/C13H9BrClFN2O2/c14-9-2-1-8(13(5-9)18(19)20)7-17-12-4-3-10(16)6-11(12)15/h1-6,17H,7H2. The molecular weight excluding hydrogens is 351 g/mol. The van der Waals surface area contributed by atoms with Crippen molar-refractivity contribution in [2.45, 2.75) is 6.54 Å². The number of nitrogens with zero attached hydrogens (tertiary/aromatic N) is 1. The number of rotatable bonds is 4. The van der Waals surface area contributed by atoms with E-state index in [-0.39, 0.29) is 17.3 Å². The molecule has 0 aliphatic carbocycles. The highest BCUT2D eigenvalue weighted by molar-refractivity contribution is 9.10. The van der Waals surface area contributed by atoms with Crippen LogP contribution in [0.3, 0.4) is 0 Å². The largest absolute Gasteiger partial charge is 0.379 e. The van der Waals surface area contributed by atoms with Crippen LogP contribution in [0.1, 0.15) is 5.56 Å². The number of nitro groups is 1. The van der Waals surface area contributed by atoms with Gasteiger partial charge < -0.3 is 5.32 Å². The normalized spacial score (nSPS) is 10.3. The van der Waals surface area contributed by atoms with Crippen LogP contribution in [0, 0.1) is 15.9 Å². The van der Waals surface area contributed by atoms with Crippen LogP contribution in [0.25, 0.3) is 0 Å². The molecule has 4 nitrogen and oxygen atoms in total. The second-order valence-electron chi connectivity index (χ2n) is 4.01. The lowest BCUT2D eigenvalue weighted by Crippen LogP contribution is -2.03. The van der Waals surface area contributed by atoms with E-state index in [1.54, 1.807) is 12.1 Å². The third kappa shape index (κ3) is 3.46. The van der Waals surface area contributed by atoms with Crippen molar-refractivity contribution in [2.75, 3.05) is 5.32 Å². The Morgan fingerprint density at radius 3 is 2.70 bits per heavy atom. The van der Waals surface area contributed by atoms with Crippen molar-refractivity contribution in [1.82, 2.24) is 0 Å². The molecule has 0 saturated carbocycles. The number of anilines is 1. The van der Waals surface area contributed by atoms with E-state index in [9.17, 15) is 14.5 Å². The molecule has 0 aliphatic heterocycles. The minimum Gasteiger partial charge on any atom is -0.379 e. The van der Waals surface area contributed by atoms with Crippen molar-refractivity contribution < 1.29 is 9.31 Å². The van der Waals surface area contributed by atoms with Gasteiger partial charge in [0.25, 0.3) is 5.69 Å². The van der Waals surface area contributed by atoms with Crippen LogP contribution in [-0.4, -0.2) is 4.92 Å². The lowest BCUT2D eigenvalue weighted by Gasteiger charge is -2.09. The van der Waals surface area contributed by atoms with Crippen molar-refractivity contribution in [3.8, 4) is 0 Å². The van der Waals surface area contributed by atoms with E-state index in [2.05, 4.69) is 21.2 Å². The van der Waals surface area contributed by atoms with Crippen molar-refractivity contribution in [3.05, 3.63) is 67.4 Å². The first-order valence-electron chi connectivity index (χ1n) is 5.59. The van der Waals surface area contributed by atoms with Crippen LogP contribution in [-0.2, 0) is 6.54 Å². The fraction of sp³-hybridized carbons (Fsp3) is 0.0769. The van der Waals surface area contributed by atoms with Crippen LogP contribution >= 0.6 is 27.5 Å². The third-order valence-electron chi connectivity index (χ3n) is 2.64. The van der Waals surface area contributed by atoms with Gasteiger partial charge in [0.1, 0.15) is 5.82 Å². The molecule has 1 N–H and O–H groups in total. The van der Waals surface area contributed by atoms with Crippen LogP contribution < -0.4 is 5.32 Å². The molecule has 0 bridgehead atoms. The summed E-state index contributed by atoms with van der Waals surface area (Å²) in [7, 11) is 0. The smallest absolute Gasteiger partial charge is 0.275 e. The molecule has 0 amide bonds. The average Bonchev–Trinajstić information content (AvgIpc) is 2.38. The van der Waals surface area contributed by atoms with E-state index in [0.717, 1.165) is 0 Å². The maximum absolute atomic E-state index is 12.9. The van der Waals surface area contributed by atoms with Gasteiger partial charge in [0.05, 0.1) is 15.6 Å². The minimum absolute atomic E-state index is 0.00473. The highest BCUT2D eigenvalue weighted by atomic mass is 79.9. The van der Waals surface area contributed by atoms with E-state index in [1.807, 2.05) is 0 Å². The Bertz CT molecular complexity index is 667. The Morgan fingerprint density at radius 1 is 1.30 bits per heavy atom. The Morgan fingerprint density at radius 2 is 2.05 bits per heavy atom. The van der Waals surface area contributed by atoms with Gasteiger partial charge in [-0.1, -0.05) is 27.5 Å². The molecule has 0 atom stereocenters. The number of nitro benzene ring substituents is 1. The second kappa shape index (κ2) is 6.19. The zero-order chi connectivity index (χ0) is 14.7. The number of halogens is 3. The number of hydrogen-bond donors (Lipinski definition) is 1. The highest BCUT2D eigenvalue weighted by Crippen LogP contribution is 2.27. The van der Waals surface area contributed by atoms with Crippen molar-refractivity contribution in [3.63, 3.8) is 0 Å². The van der Waals surface area contributed by atoms with Crippen LogP contribution in [0.2, 0.25) is 5.02 Å². The Balaban J connectivity index is 2.20. The van der Waals surface area contributed by atoms with E-state index >= 15 is 0 Å². The molecule has 0 heterocycles. The number of hydrogen-bond acceptors (Lipinski definition) is 3. The zero-order valence-electron chi connectivity index (χ0n) is 10.1. The molecule has 0 aliphatic rings. The average molecular weight is 360 g/mol. The highest BCUT2D eigenvalue weighted by Gasteiger charge is 2.14. The summed E-state index contributed by atoms with van der Waals surface area (Å²) in [6.45, 7) is 0.217. The number of benzene rings is 2. The van der Waals surface area contributed by atoms with Gasteiger partial charge in [-0.05, 0) is 30.3 Å². The van der Waals surface area contributed by atoms with Crippen molar-refractivity contribution in [2.24, 2.45) is 0 Å². The molecule has 0 saturated heterocycles. The molecule has 2 aromatic carbocycles. The van der Waals surface area contributed by atoms with Gasteiger partial charge in [-0.15, -0.1) is 0 Å². The van der Waals surface area contributed by atoms with Gasteiger partial charge in [0, 0.05) is 22.6 Å². The van der Waals surface area contributed by atoms with E-state index < -0.39 is 10.7 Å². The monoisotopic (exact) mass is 358 g/mol. The molecule has 2 aromatic rings. The van der Waals surface area contributed by atoms with Gasteiger partial charge in [-0.25, -0.2) is 4.39 Å². The molecule has 104 valence electrons. The third-order valence-corrected chi connectivity index (χ3v) is 3.45. The molecule has 0 aromatic heterocycles. The molecular formula is C13H9BrClFN2O2. The summed E-state index contributed by atoms with van der Waals surface area (Å²) in [6.07, 6.45) is 0. The summed E-state index contributed by atoms with van der Waals surface area (Å²) in [4.78, 5) is 10.5. The van der Waals surface area contributed by atoms with Gasteiger partial charge >= 0.3 is 0 Å². The Labute approximate surface area is 127 Å². The molecule has 20 heavy (non-hydrogen) atoms. The second-order valence-corrected chi connectivity index (χ2v) is 5.33. The van der Waals surface area contributed by atoms with E-state index in [1.165, 1.54) is 24.3 Å². The Kier molecular flexibility index (Phi) is 4.57. The van der Waals surface area contributed by atoms with E-state index in [4.69, 9.17) is 11.6 Å². The van der Waals surface area contributed by atoms with Crippen LogP contribution in [0.4, 0.5) is 15.8 Å². The summed E-state index contributed by atoms with van der Waals surface area (Å²) in [5.74, 6) is -0.435. The summed E-state index contributed by atoms with van der Waals surface area (Å²) in [5, 5.41) is 14.2. The lowest BCUT2D eigenvalue weighted by molar-refractivity contribution is -0.385. The van der Waals surface area contributed by atoms with Gasteiger partial charge in [0.15, 0.2) is 0 Å². The lowest BCUT2D eigenvalue weighted by atomic mass is 10.1. The van der Waals surface area contributed by atoms with Gasteiger partial charge in [-0.3, -0.25) is 10.1 Å².